The van der Waals surface area contributed by atoms with Crippen LogP contribution in [-0.2, 0) is 19.4 Å². The molecular weight excluding hydrogens is 314 g/mol. The molecule has 2 aromatic heterocycles. The molecule has 0 bridgehead atoms. The third-order valence-electron chi connectivity index (χ3n) is 5.18. The molecule has 128 valence electrons. The minimum absolute atomic E-state index is 0.201. The molecule has 1 aliphatic carbocycles. The van der Waals surface area contributed by atoms with Crippen LogP contribution in [0.4, 0.5) is 0 Å². The van der Waals surface area contributed by atoms with E-state index in [0.29, 0.717) is 17.8 Å². The van der Waals surface area contributed by atoms with Crippen LogP contribution in [0.25, 0.3) is 17.2 Å². The average Bonchev–Trinajstić information content (AvgIpc) is 3.22. The van der Waals surface area contributed by atoms with Crippen LogP contribution in [-0.4, -0.2) is 24.6 Å². The third-order valence-corrected chi connectivity index (χ3v) is 5.18. The van der Waals surface area contributed by atoms with Crippen LogP contribution < -0.4 is 5.49 Å². The first-order valence-corrected chi connectivity index (χ1v) is 8.41. The first-order valence-electron chi connectivity index (χ1n) is 8.41. The van der Waals surface area contributed by atoms with Gasteiger partial charge in [-0.1, -0.05) is 11.6 Å². The van der Waals surface area contributed by atoms with E-state index in [0.717, 1.165) is 29.6 Å². The summed E-state index contributed by atoms with van der Waals surface area (Å²) in [5, 5.41) is 18.5. The summed E-state index contributed by atoms with van der Waals surface area (Å²) < 4.78 is 1.95. The molecule has 25 heavy (non-hydrogen) atoms. The number of aromatic amines is 1. The highest BCUT2D eigenvalue weighted by Crippen LogP contribution is 2.39. The van der Waals surface area contributed by atoms with Crippen LogP contribution in [0.1, 0.15) is 34.7 Å². The van der Waals surface area contributed by atoms with E-state index in [-0.39, 0.29) is 5.49 Å². The predicted octanol–water partition coefficient (Wildman–Crippen LogP) is 2.76. The largest absolute Gasteiger partial charge is 0.507 e. The summed E-state index contributed by atoms with van der Waals surface area (Å²) in [6, 6.07) is 0. The van der Waals surface area contributed by atoms with E-state index >= 15 is 0 Å². The number of phenols is 1. The summed E-state index contributed by atoms with van der Waals surface area (Å²) in [5.41, 5.74) is 8.47. The molecule has 1 aromatic carbocycles. The number of benzene rings is 1. The molecule has 4 rings (SSSR count). The molecule has 0 unspecified atom stereocenters. The zero-order valence-corrected chi connectivity index (χ0v) is 14.6. The van der Waals surface area contributed by atoms with Crippen LogP contribution in [0.15, 0.2) is 18.2 Å². The van der Waals surface area contributed by atoms with E-state index in [1.807, 2.05) is 11.5 Å². The molecule has 2 heterocycles. The van der Waals surface area contributed by atoms with Gasteiger partial charge in [0.15, 0.2) is 11.1 Å². The molecule has 1 aliphatic rings. The van der Waals surface area contributed by atoms with Gasteiger partial charge in [-0.3, -0.25) is 5.41 Å². The van der Waals surface area contributed by atoms with Crippen molar-refractivity contribution >= 4 is 17.2 Å². The van der Waals surface area contributed by atoms with Crippen LogP contribution in [0, 0.1) is 19.3 Å². The number of nitrogens with zero attached hydrogens (tertiary/aromatic N) is 3. The number of H-pyrrole nitrogens is 1. The van der Waals surface area contributed by atoms with E-state index < -0.39 is 0 Å². The Morgan fingerprint density at radius 3 is 2.84 bits per heavy atom. The summed E-state index contributed by atoms with van der Waals surface area (Å²) in [5.74, 6) is 0.429. The second-order valence-electron chi connectivity index (χ2n) is 6.77. The van der Waals surface area contributed by atoms with E-state index in [2.05, 4.69) is 34.9 Å². The maximum absolute atomic E-state index is 10.6. The zero-order chi connectivity index (χ0) is 17.7. The number of nitrogens with one attached hydrogen (secondary N) is 2. The van der Waals surface area contributed by atoms with Crippen molar-refractivity contribution in [3.05, 3.63) is 51.5 Å². The van der Waals surface area contributed by atoms with Crippen molar-refractivity contribution in [2.24, 2.45) is 0 Å². The highest BCUT2D eigenvalue weighted by molar-refractivity contribution is 5.72. The van der Waals surface area contributed by atoms with E-state index in [1.54, 1.807) is 12.7 Å². The molecule has 6 heteroatoms. The number of aromatic hydroxyl groups is 1. The lowest BCUT2D eigenvalue weighted by molar-refractivity contribution is 0.463. The Morgan fingerprint density at radius 1 is 1.24 bits per heavy atom. The van der Waals surface area contributed by atoms with Gasteiger partial charge in [-0.15, -0.1) is 0 Å². The SMILES string of the molecule is CC1=Cc2c(C)c(CCn3cnc(=N)c4[nH]cnc43)c(C)c(O)c2C1. The lowest BCUT2D eigenvalue weighted by atomic mass is 9.91. The van der Waals surface area contributed by atoms with Crippen molar-refractivity contribution in [1.29, 1.82) is 5.41 Å². The van der Waals surface area contributed by atoms with Crippen molar-refractivity contribution in [1.82, 2.24) is 19.5 Å². The average molecular weight is 335 g/mol. The Hall–Kier alpha value is -2.89. The highest BCUT2D eigenvalue weighted by Gasteiger charge is 2.21. The summed E-state index contributed by atoms with van der Waals surface area (Å²) in [4.78, 5) is 11.4. The van der Waals surface area contributed by atoms with Gasteiger partial charge in [0, 0.05) is 12.1 Å². The van der Waals surface area contributed by atoms with Crippen LogP contribution in [0.3, 0.4) is 0 Å². The number of rotatable bonds is 3. The number of allylic oxidation sites excluding steroid dienone is 1. The van der Waals surface area contributed by atoms with Gasteiger partial charge in [-0.05, 0) is 55.9 Å². The number of aryl methyl sites for hydroxylation is 1. The standard InChI is InChI=1S/C19H21N5O/c1-10-6-14-11(2)13(12(3)17(25)15(14)7-10)4-5-24-9-23-18(20)16-19(24)22-8-21-16/h6,8-9,20,25H,4-5,7H2,1-3H3,(H,21,22). The number of phenolic OH excluding ortho intramolecular Hbond substituents is 1. The Morgan fingerprint density at radius 2 is 2.04 bits per heavy atom. The minimum Gasteiger partial charge on any atom is -0.507 e. The van der Waals surface area contributed by atoms with Gasteiger partial charge in [-0.25, -0.2) is 9.97 Å². The van der Waals surface area contributed by atoms with E-state index in [1.165, 1.54) is 22.3 Å². The van der Waals surface area contributed by atoms with Crippen LogP contribution in [0.5, 0.6) is 5.75 Å². The molecule has 0 fully saturated rings. The molecule has 0 radical (unpaired) electrons. The normalized spacial score (nSPS) is 13.3. The van der Waals surface area contributed by atoms with Gasteiger partial charge in [0.1, 0.15) is 11.3 Å². The monoisotopic (exact) mass is 335 g/mol. The minimum atomic E-state index is 0.201. The molecule has 0 aliphatic heterocycles. The fourth-order valence-corrected chi connectivity index (χ4v) is 3.81. The van der Waals surface area contributed by atoms with Crippen molar-refractivity contribution in [2.45, 2.75) is 40.2 Å². The van der Waals surface area contributed by atoms with Gasteiger partial charge in [0.05, 0.1) is 12.7 Å². The molecule has 0 spiro atoms. The Bertz CT molecular complexity index is 1090. The highest BCUT2D eigenvalue weighted by atomic mass is 16.3. The van der Waals surface area contributed by atoms with Gasteiger partial charge in [-0.2, -0.15) is 0 Å². The number of aromatic nitrogens is 4. The summed E-state index contributed by atoms with van der Waals surface area (Å²) in [6.07, 6.45) is 7.04. The van der Waals surface area contributed by atoms with Gasteiger partial charge >= 0.3 is 0 Å². The lowest BCUT2D eigenvalue weighted by Gasteiger charge is -2.17. The van der Waals surface area contributed by atoms with Gasteiger partial charge < -0.3 is 14.7 Å². The molecule has 6 nitrogen and oxygen atoms in total. The molecule has 3 aromatic rings. The van der Waals surface area contributed by atoms with E-state index in [9.17, 15) is 5.11 Å². The van der Waals surface area contributed by atoms with Crippen molar-refractivity contribution < 1.29 is 5.11 Å². The second kappa shape index (κ2) is 5.58. The van der Waals surface area contributed by atoms with E-state index in [4.69, 9.17) is 5.41 Å². The van der Waals surface area contributed by atoms with Crippen molar-refractivity contribution in [3.8, 4) is 5.75 Å². The third kappa shape index (κ3) is 2.36. The Labute approximate surface area is 145 Å². The second-order valence-corrected chi connectivity index (χ2v) is 6.77. The molecule has 0 saturated heterocycles. The summed E-state index contributed by atoms with van der Waals surface area (Å²) in [6.45, 7) is 6.92. The Balaban J connectivity index is 1.73. The Kier molecular flexibility index (Phi) is 3.49. The van der Waals surface area contributed by atoms with Gasteiger partial charge in [0.2, 0.25) is 0 Å². The zero-order valence-electron chi connectivity index (χ0n) is 14.6. The van der Waals surface area contributed by atoms with Crippen LogP contribution in [0.2, 0.25) is 0 Å². The fourth-order valence-electron chi connectivity index (χ4n) is 3.81. The topological polar surface area (TPSA) is 90.6 Å². The number of imidazole rings is 1. The maximum atomic E-state index is 10.6. The summed E-state index contributed by atoms with van der Waals surface area (Å²) in [7, 11) is 0. The van der Waals surface area contributed by atoms with Gasteiger partial charge in [0.25, 0.3) is 0 Å². The number of fused-ring (bicyclic) bond motifs is 2. The number of hydrogen-bond donors (Lipinski definition) is 3. The maximum Gasteiger partial charge on any atom is 0.173 e. The molecule has 0 saturated carbocycles. The molecule has 0 amide bonds. The molecule has 3 N–H and O–H groups in total. The fraction of sp³-hybridized carbons (Fsp3) is 0.316. The number of hydrogen-bond acceptors (Lipinski definition) is 4. The van der Waals surface area contributed by atoms with Crippen molar-refractivity contribution in [2.75, 3.05) is 0 Å². The lowest BCUT2D eigenvalue weighted by Crippen LogP contribution is -2.14. The van der Waals surface area contributed by atoms with Crippen LogP contribution >= 0.6 is 0 Å². The van der Waals surface area contributed by atoms with Crippen molar-refractivity contribution in [3.63, 3.8) is 0 Å². The predicted molar refractivity (Wildman–Crippen MR) is 96.4 cm³/mol. The molecular formula is C19H21N5O. The molecule has 0 atom stereocenters. The quantitative estimate of drug-likeness (QED) is 0.687. The smallest absolute Gasteiger partial charge is 0.173 e. The first kappa shape index (κ1) is 15.6. The summed E-state index contributed by atoms with van der Waals surface area (Å²) >= 11 is 0. The first-order chi connectivity index (χ1) is 12.0.